The largest absolute Gasteiger partial charge is 0.507 e. The van der Waals surface area contributed by atoms with Crippen LogP contribution >= 0.6 is 0 Å². The summed E-state index contributed by atoms with van der Waals surface area (Å²) in [6, 6.07) is 12.3. The van der Waals surface area contributed by atoms with Gasteiger partial charge in [0, 0.05) is 42.0 Å². The summed E-state index contributed by atoms with van der Waals surface area (Å²) in [5.74, 6) is 0.630. The van der Waals surface area contributed by atoms with Gasteiger partial charge < -0.3 is 20.1 Å². The zero-order chi connectivity index (χ0) is 24.8. The van der Waals surface area contributed by atoms with E-state index >= 15 is 0 Å². The highest BCUT2D eigenvalue weighted by molar-refractivity contribution is 5.74. The average Bonchev–Trinajstić information content (AvgIpc) is 3.05. The summed E-state index contributed by atoms with van der Waals surface area (Å²) in [5, 5.41) is 23.3. The number of piperidine rings is 1. The van der Waals surface area contributed by atoms with Crippen LogP contribution in [0.5, 0.6) is 11.6 Å². The molecule has 2 fully saturated rings. The number of benzene rings is 1. The van der Waals surface area contributed by atoms with E-state index in [1.165, 1.54) is 25.1 Å². The summed E-state index contributed by atoms with van der Waals surface area (Å²) in [6.07, 6.45) is 5.88. The molecule has 1 aromatic carbocycles. The predicted octanol–water partition coefficient (Wildman–Crippen LogP) is 5.01. The van der Waals surface area contributed by atoms with Gasteiger partial charge in [0.05, 0.1) is 5.69 Å². The molecule has 3 aromatic rings. The molecule has 0 spiro atoms. The van der Waals surface area contributed by atoms with E-state index in [2.05, 4.69) is 51.0 Å². The Balaban J connectivity index is 1.33. The van der Waals surface area contributed by atoms with E-state index in [1.54, 1.807) is 24.3 Å². The number of fused-ring (bicyclic) bond motifs is 2. The molecule has 0 saturated carbocycles. The summed E-state index contributed by atoms with van der Waals surface area (Å²) in [6.45, 7) is 1.65. The number of phenols is 1. The Labute approximate surface area is 203 Å². The number of ether oxygens (including phenoxy) is 1. The standard InChI is InChI=1S/C26H29F2N5O2/c1-25-9-10-26(2,32-25)15-18(14-25)33(3)22-7-6-20(30-31-22)19-5-4-16(12-21(19)34)17-8-11-29-23(13-17)35-24(27)28/h4-8,11-13,18,24,32,34H,9-10,14-15H2,1-3H3/t18-,25-,26+. The van der Waals surface area contributed by atoms with Crippen LogP contribution in [0.4, 0.5) is 14.6 Å². The maximum atomic E-state index is 12.5. The molecule has 0 amide bonds. The summed E-state index contributed by atoms with van der Waals surface area (Å²) >= 11 is 0. The van der Waals surface area contributed by atoms with Gasteiger partial charge in [-0.3, -0.25) is 0 Å². The van der Waals surface area contributed by atoms with Crippen LogP contribution < -0.4 is 15.0 Å². The smallest absolute Gasteiger partial charge is 0.388 e. The van der Waals surface area contributed by atoms with Crippen molar-refractivity contribution < 1.29 is 18.6 Å². The first-order valence-electron chi connectivity index (χ1n) is 11.7. The third-order valence-electron chi connectivity index (χ3n) is 7.32. The van der Waals surface area contributed by atoms with Gasteiger partial charge in [-0.05, 0) is 81.0 Å². The van der Waals surface area contributed by atoms with Gasteiger partial charge in [-0.15, -0.1) is 10.2 Å². The fraction of sp³-hybridized carbons (Fsp3) is 0.423. The number of pyridine rings is 1. The number of aromatic nitrogens is 3. The van der Waals surface area contributed by atoms with Crippen molar-refractivity contribution in [2.75, 3.05) is 11.9 Å². The Morgan fingerprint density at radius 1 is 1.03 bits per heavy atom. The second-order valence-corrected chi connectivity index (χ2v) is 10.2. The fourth-order valence-corrected chi connectivity index (χ4v) is 5.61. The lowest BCUT2D eigenvalue weighted by Gasteiger charge is -2.45. The molecule has 3 atom stereocenters. The third-order valence-corrected chi connectivity index (χ3v) is 7.32. The zero-order valence-corrected chi connectivity index (χ0v) is 20.0. The van der Waals surface area contributed by atoms with Gasteiger partial charge in [0.2, 0.25) is 5.88 Å². The quantitative estimate of drug-likeness (QED) is 0.512. The van der Waals surface area contributed by atoms with Gasteiger partial charge >= 0.3 is 6.61 Å². The molecule has 2 aliphatic rings. The van der Waals surface area contributed by atoms with Crippen LogP contribution in [0.25, 0.3) is 22.4 Å². The number of hydrogen-bond donors (Lipinski definition) is 2. The second kappa shape index (κ2) is 8.71. The average molecular weight is 482 g/mol. The summed E-state index contributed by atoms with van der Waals surface area (Å²) in [4.78, 5) is 5.99. The zero-order valence-electron chi connectivity index (χ0n) is 20.0. The monoisotopic (exact) mass is 481 g/mol. The van der Waals surface area contributed by atoms with Gasteiger partial charge in [-0.1, -0.05) is 6.07 Å². The minimum absolute atomic E-state index is 0.0156. The van der Waals surface area contributed by atoms with Crippen molar-refractivity contribution in [3.05, 3.63) is 48.7 Å². The highest BCUT2D eigenvalue weighted by Gasteiger charge is 2.49. The molecule has 7 nitrogen and oxygen atoms in total. The first-order chi connectivity index (χ1) is 16.6. The lowest BCUT2D eigenvalue weighted by atomic mass is 9.84. The first kappa shape index (κ1) is 23.4. The molecule has 0 unspecified atom stereocenters. The maximum Gasteiger partial charge on any atom is 0.388 e. The molecule has 35 heavy (non-hydrogen) atoms. The maximum absolute atomic E-state index is 12.5. The van der Waals surface area contributed by atoms with E-state index < -0.39 is 6.61 Å². The molecular weight excluding hydrogens is 452 g/mol. The van der Waals surface area contributed by atoms with Crippen molar-refractivity contribution in [3.8, 4) is 34.0 Å². The van der Waals surface area contributed by atoms with E-state index in [9.17, 15) is 13.9 Å². The molecule has 2 aliphatic heterocycles. The molecular formula is C26H29F2N5O2. The number of hydrogen-bond acceptors (Lipinski definition) is 7. The normalized spacial score (nSPS) is 25.6. The van der Waals surface area contributed by atoms with Crippen molar-refractivity contribution >= 4 is 5.82 Å². The summed E-state index contributed by atoms with van der Waals surface area (Å²) < 4.78 is 29.4. The molecule has 5 rings (SSSR count). The minimum atomic E-state index is -2.95. The second-order valence-electron chi connectivity index (χ2n) is 10.2. The topological polar surface area (TPSA) is 83.4 Å². The van der Waals surface area contributed by atoms with Gasteiger partial charge in [-0.25, -0.2) is 4.98 Å². The number of halogens is 2. The molecule has 2 saturated heterocycles. The number of aromatic hydroxyl groups is 1. The molecule has 4 heterocycles. The minimum Gasteiger partial charge on any atom is -0.507 e. The molecule has 184 valence electrons. The third kappa shape index (κ3) is 4.77. The van der Waals surface area contributed by atoms with Gasteiger partial charge in [-0.2, -0.15) is 8.78 Å². The van der Waals surface area contributed by atoms with Gasteiger partial charge in [0.15, 0.2) is 5.82 Å². The Morgan fingerprint density at radius 3 is 2.37 bits per heavy atom. The molecule has 2 N–H and O–H groups in total. The van der Waals surface area contributed by atoms with E-state index in [0.717, 1.165) is 18.7 Å². The number of rotatable bonds is 6. The summed E-state index contributed by atoms with van der Waals surface area (Å²) in [7, 11) is 2.07. The lowest BCUT2D eigenvalue weighted by molar-refractivity contribution is -0.0528. The van der Waals surface area contributed by atoms with Gasteiger partial charge in [0.1, 0.15) is 5.75 Å². The number of nitrogens with zero attached hydrogens (tertiary/aromatic N) is 4. The van der Waals surface area contributed by atoms with E-state index in [1.807, 2.05) is 12.1 Å². The predicted molar refractivity (Wildman–Crippen MR) is 130 cm³/mol. The number of alkyl halides is 2. The molecule has 0 aliphatic carbocycles. The van der Waals surface area contributed by atoms with Crippen molar-refractivity contribution in [2.24, 2.45) is 0 Å². The van der Waals surface area contributed by atoms with Crippen LogP contribution in [-0.2, 0) is 0 Å². The van der Waals surface area contributed by atoms with Gasteiger partial charge in [0.25, 0.3) is 0 Å². The van der Waals surface area contributed by atoms with Crippen LogP contribution in [0, 0.1) is 0 Å². The molecule has 2 aromatic heterocycles. The SMILES string of the molecule is CN(c1ccc(-c2ccc(-c3ccnc(OC(F)F)c3)cc2O)nn1)[C@H]1C[C@]2(C)CC[C@](C)(C1)N2. The Hall–Kier alpha value is -3.33. The van der Waals surface area contributed by atoms with Crippen LogP contribution in [0.15, 0.2) is 48.7 Å². The van der Waals surface area contributed by atoms with Crippen LogP contribution in [0.3, 0.4) is 0 Å². The van der Waals surface area contributed by atoms with Crippen molar-refractivity contribution in [1.82, 2.24) is 20.5 Å². The van der Waals surface area contributed by atoms with Crippen molar-refractivity contribution in [2.45, 2.75) is 63.3 Å². The first-order valence-corrected chi connectivity index (χ1v) is 11.7. The fourth-order valence-electron chi connectivity index (χ4n) is 5.61. The summed E-state index contributed by atoms with van der Waals surface area (Å²) in [5.41, 5.74) is 2.64. The highest BCUT2D eigenvalue weighted by atomic mass is 19.3. The number of phenolic OH excluding ortho intramolecular Hbond substituents is 1. The van der Waals surface area contributed by atoms with Crippen LogP contribution in [-0.4, -0.2) is 51.1 Å². The van der Waals surface area contributed by atoms with Crippen molar-refractivity contribution in [1.29, 1.82) is 0 Å². The van der Waals surface area contributed by atoms with E-state index in [-0.39, 0.29) is 22.7 Å². The number of anilines is 1. The molecule has 2 bridgehead atoms. The lowest BCUT2D eigenvalue weighted by Crippen LogP contribution is -2.58. The van der Waals surface area contributed by atoms with E-state index in [0.29, 0.717) is 28.4 Å². The Bertz CT molecular complexity index is 1210. The van der Waals surface area contributed by atoms with E-state index in [4.69, 9.17) is 0 Å². The Morgan fingerprint density at radius 2 is 1.74 bits per heavy atom. The van der Waals surface area contributed by atoms with Crippen LogP contribution in [0.2, 0.25) is 0 Å². The number of nitrogens with one attached hydrogen (secondary N) is 1. The Kier molecular flexibility index (Phi) is 5.83. The molecule has 0 radical (unpaired) electrons. The molecule has 9 heteroatoms. The van der Waals surface area contributed by atoms with Crippen LogP contribution in [0.1, 0.15) is 39.5 Å². The van der Waals surface area contributed by atoms with Crippen molar-refractivity contribution in [3.63, 3.8) is 0 Å². The highest BCUT2D eigenvalue weighted by Crippen LogP contribution is 2.44.